The zero-order chi connectivity index (χ0) is 13.4. The Morgan fingerprint density at radius 2 is 2.06 bits per heavy atom. The van der Waals surface area contributed by atoms with E-state index >= 15 is 0 Å². The summed E-state index contributed by atoms with van der Waals surface area (Å²) in [6.45, 7) is 3.31. The van der Waals surface area contributed by atoms with E-state index in [2.05, 4.69) is 0 Å². The molecule has 17 heavy (non-hydrogen) atoms. The minimum Gasteiger partial charge on any atom is -0.259 e. The summed E-state index contributed by atoms with van der Waals surface area (Å²) in [5.74, 6) is -2.16. The third kappa shape index (κ3) is 3.00. The van der Waals surface area contributed by atoms with E-state index in [9.17, 15) is 23.3 Å². The first kappa shape index (κ1) is 14.0. The lowest BCUT2D eigenvalue weighted by Crippen LogP contribution is -2.27. The lowest BCUT2D eigenvalue weighted by Gasteiger charge is -2.23. The predicted molar refractivity (Wildman–Crippen MR) is 57.0 cm³/mol. The van der Waals surface area contributed by atoms with Gasteiger partial charge >= 0.3 is 6.18 Å². The quantitative estimate of drug-likeness (QED) is 0.564. The predicted octanol–water partition coefficient (Wildman–Crippen LogP) is 3.88. The third-order valence-electron chi connectivity index (χ3n) is 2.55. The van der Waals surface area contributed by atoms with Crippen LogP contribution in [0.1, 0.15) is 20.3 Å². The summed E-state index contributed by atoms with van der Waals surface area (Å²) >= 11 is 5.72. The molecular weight excluding hydrogens is 259 g/mol. The van der Waals surface area contributed by atoms with Gasteiger partial charge in [0.1, 0.15) is 0 Å². The Morgan fingerprint density at radius 1 is 1.53 bits per heavy atom. The number of hydrogen-bond acceptors (Lipinski definition) is 2. The summed E-state index contributed by atoms with van der Waals surface area (Å²) in [7, 11) is 0. The van der Waals surface area contributed by atoms with Crippen molar-refractivity contribution in [2.75, 3.05) is 0 Å². The monoisotopic (exact) mass is 269 g/mol. The Kier molecular flexibility index (Phi) is 3.86. The van der Waals surface area contributed by atoms with Gasteiger partial charge in [-0.2, -0.15) is 13.2 Å². The van der Waals surface area contributed by atoms with Crippen LogP contribution in [0.25, 0.3) is 0 Å². The molecule has 1 unspecified atom stereocenters. The molecule has 3 nitrogen and oxygen atoms in total. The summed E-state index contributed by atoms with van der Waals surface area (Å²) < 4.78 is 37.6. The van der Waals surface area contributed by atoms with Gasteiger partial charge in [-0.15, -0.1) is 0 Å². The molecule has 0 aromatic carbocycles. The highest BCUT2D eigenvalue weighted by atomic mass is 35.5. The van der Waals surface area contributed by atoms with E-state index in [-0.39, 0.29) is 16.5 Å². The van der Waals surface area contributed by atoms with Crippen molar-refractivity contribution in [2.45, 2.75) is 26.4 Å². The first-order chi connectivity index (χ1) is 7.64. The van der Waals surface area contributed by atoms with E-state index in [4.69, 9.17) is 11.6 Å². The Labute approximate surface area is 101 Å². The second-order valence-electron chi connectivity index (χ2n) is 4.14. The summed E-state index contributed by atoms with van der Waals surface area (Å²) in [6.07, 6.45) is -4.31. The number of nitrogens with zero attached hydrogens (tertiary/aromatic N) is 1. The molecule has 0 heterocycles. The molecule has 0 fully saturated rings. The van der Waals surface area contributed by atoms with Crippen LogP contribution in [0.3, 0.4) is 0 Å². The number of allylic oxidation sites excluding steroid dienone is 4. The topological polar surface area (TPSA) is 43.1 Å². The molecule has 0 spiro atoms. The molecule has 0 amide bonds. The molecule has 0 saturated carbocycles. The van der Waals surface area contributed by atoms with Crippen molar-refractivity contribution in [1.82, 2.24) is 0 Å². The fourth-order valence-electron chi connectivity index (χ4n) is 1.77. The molecule has 0 N–H and O–H groups in total. The Hall–Kier alpha value is -1.04. The van der Waals surface area contributed by atoms with Crippen LogP contribution >= 0.6 is 11.6 Å². The van der Waals surface area contributed by atoms with E-state index < -0.39 is 29.1 Å². The van der Waals surface area contributed by atoms with Crippen molar-refractivity contribution in [1.29, 1.82) is 0 Å². The van der Waals surface area contributed by atoms with Crippen LogP contribution < -0.4 is 0 Å². The first-order valence-corrected chi connectivity index (χ1v) is 5.34. The maximum atomic E-state index is 12.5. The Morgan fingerprint density at radius 3 is 2.41 bits per heavy atom. The van der Waals surface area contributed by atoms with Crippen LogP contribution in [0.5, 0.6) is 0 Å². The summed E-state index contributed by atoms with van der Waals surface area (Å²) in [5.41, 5.74) is -0.244. The fourth-order valence-corrected chi connectivity index (χ4v) is 2.25. The van der Waals surface area contributed by atoms with Gasteiger partial charge in [0.2, 0.25) is 0 Å². The molecular formula is C10H11ClF3NO2. The second kappa shape index (κ2) is 4.68. The standard InChI is InChI=1S/C10H11ClF3NO2/c1-5(2)9-7(11)3-6(10(12,13)14)4-8(9)15(16)17/h3,5-6H,4H2,1-2H3. The Bertz CT molecular complexity index is 399. The summed E-state index contributed by atoms with van der Waals surface area (Å²) in [4.78, 5) is 10.0. The summed E-state index contributed by atoms with van der Waals surface area (Å²) in [5, 5.41) is 10.6. The van der Waals surface area contributed by atoms with Crippen LogP contribution in [0.15, 0.2) is 22.4 Å². The SMILES string of the molecule is CC(C)C1=C([N+](=O)[O-])CC(C(F)(F)F)C=C1Cl. The van der Waals surface area contributed by atoms with E-state index in [1.807, 2.05) is 0 Å². The average Bonchev–Trinajstić information content (AvgIpc) is 2.13. The molecule has 0 radical (unpaired) electrons. The molecule has 1 rings (SSSR count). The van der Waals surface area contributed by atoms with Gasteiger partial charge in [0, 0.05) is 10.6 Å². The summed E-state index contributed by atoms with van der Waals surface area (Å²) in [6, 6.07) is 0. The minimum absolute atomic E-state index is 0.166. The minimum atomic E-state index is -4.51. The van der Waals surface area contributed by atoms with Crippen LogP contribution in [0.2, 0.25) is 0 Å². The van der Waals surface area contributed by atoms with Gasteiger partial charge in [-0.3, -0.25) is 10.1 Å². The molecule has 7 heteroatoms. The highest BCUT2D eigenvalue weighted by Crippen LogP contribution is 2.41. The number of rotatable bonds is 2. The van der Waals surface area contributed by atoms with Gasteiger partial charge < -0.3 is 0 Å². The second-order valence-corrected chi connectivity index (χ2v) is 4.55. The van der Waals surface area contributed by atoms with E-state index in [1.165, 1.54) is 0 Å². The van der Waals surface area contributed by atoms with Gasteiger partial charge in [0.15, 0.2) is 0 Å². The van der Waals surface area contributed by atoms with E-state index in [0.717, 1.165) is 6.08 Å². The van der Waals surface area contributed by atoms with Gasteiger partial charge in [0.25, 0.3) is 5.70 Å². The van der Waals surface area contributed by atoms with Crippen LogP contribution in [-0.4, -0.2) is 11.1 Å². The lowest BCUT2D eigenvalue weighted by atomic mass is 9.88. The van der Waals surface area contributed by atoms with Crippen LogP contribution in [-0.2, 0) is 0 Å². The molecule has 0 saturated heterocycles. The maximum Gasteiger partial charge on any atom is 0.395 e. The molecule has 1 aliphatic rings. The number of nitro groups is 1. The first-order valence-electron chi connectivity index (χ1n) is 4.96. The van der Waals surface area contributed by atoms with Crippen molar-refractivity contribution < 1.29 is 18.1 Å². The molecule has 1 aliphatic carbocycles. The normalized spacial score (nSPS) is 21.8. The fraction of sp³-hybridized carbons (Fsp3) is 0.600. The lowest BCUT2D eigenvalue weighted by molar-refractivity contribution is -0.431. The molecule has 0 aliphatic heterocycles. The highest BCUT2D eigenvalue weighted by molar-refractivity contribution is 6.32. The van der Waals surface area contributed by atoms with Crippen LogP contribution in [0.4, 0.5) is 13.2 Å². The maximum absolute atomic E-state index is 12.5. The van der Waals surface area contributed by atoms with Gasteiger partial charge in [0.05, 0.1) is 17.3 Å². The van der Waals surface area contributed by atoms with Crippen molar-refractivity contribution in [2.24, 2.45) is 11.8 Å². The average molecular weight is 270 g/mol. The number of alkyl halides is 3. The van der Waals surface area contributed by atoms with Gasteiger partial charge in [-0.25, -0.2) is 0 Å². The van der Waals surface area contributed by atoms with Crippen molar-refractivity contribution in [3.63, 3.8) is 0 Å². The zero-order valence-electron chi connectivity index (χ0n) is 9.21. The Balaban J connectivity index is 3.21. The zero-order valence-corrected chi connectivity index (χ0v) is 9.97. The van der Waals surface area contributed by atoms with Crippen molar-refractivity contribution >= 4 is 11.6 Å². The van der Waals surface area contributed by atoms with Crippen LogP contribution in [0, 0.1) is 22.0 Å². The van der Waals surface area contributed by atoms with Gasteiger partial charge in [-0.05, 0) is 5.92 Å². The molecule has 0 aromatic rings. The van der Waals surface area contributed by atoms with E-state index in [0.29, 0.717) is 0 Å². The third-order valence-corrected chi connectivity index (χ3v) is 2.88. The van der Waals surface area contributed by atoms with Crippen molar-refractivity contribution in [3.05, 3.63) is 32.5 Å². The van der Waals surface area contributed by atoms with Crippen molar-refractivity contribution in [3.8, 4) is 0 Å². The highest BCUT2D eigenvalue weighted by Gasteiger charge is 2.44. The smallest absolute Gasteiger partial charge is 0.259 e. The van der Waals surface area contributed by atoms with Gasteiger partial charge in [-0.1, -0.05) is 31.5 Å². The molecule has 0 aromatic heterocycles. The number of hydrogen-bond donors (Lipinski definition) is 0. The molecule has 1 atom stereocenters. The molecule has 96 valence electrons. The van der Waals surface area contributed by atoms with E-state index in [1.54, 1.807) is 13.8 Å². The largest absolute Gasteiger partial charge is 0.395 e. The molecule has 0 bridgehead atoms. The number of halogens is 4.